The Kier molecular flexibility index (Phi) is 4.25. The van der Waals surface area contributed by atoms with Crippen molar-refractivity contribution in [3.05, 3.63) is 82.6 Å². The molecule has 0 bridgehead atoms. The quantitative estimate of drug-likeness (QED) is 0.895. The molecule has 1 atom stereocenters. The van der Waals surface area contributed by atoms with Crippen molar-refractivity contribution in [2.45, 2.75) is 32.1 Å². The number of Topliss-reactive ketones (excluding diaryl/α,β-unsaturated/α-hetero) is 1. The maximum atomic E-state index is 12.9. The van der Waals surface area contributed by atoms with Gasteiger partial charge in [-0.15, -0.1) is 0 Å². The molecule has 1 aromatic heterocycles. The fourth-order valence-corrected chi connectivity index (χ4v) is 4.00. The number of hydrogen-bond acceptors (Lipinski definition) is 4. The van der Waals surface area contributed by atoms with E-state index in [9.17, 15) is 10.1 Å². The third-order valence-electron chi connectivity index (χ3n) is 5.27. The van der Waals surface area contributed by atoms with Crippen molar-refractivity contribution >= 4 is 11.5 Å². The third kappa shape index (κ3) is 2.80. The monoisotopic (exact) mass is 357 g/mol. The number of carbonyl (C=O) groups excluding carboxylic acids is 1. The van der Waals surface area contributed by atoms with Gasteiger partial charge in [-0.3, -0.25) is 9.69 Å². The SMILES string of the molecule is Cc1ccc(N2C(N)=C(C#N)C(c3ccc[nH+]c3)C3=C2CCCC3=O)cc1. The van der Waals surface area contributed by atoms with Gasteiger partial charge in [-0.1, -0.05) is 17.7 Å². The molecule has 2 heterocycles. The average Bonchev–Trinajstić information content (AvgIpc) is 2.69. The van der Waals surface area contributed by atoms with Crippen LogP contribution in [0.1, 0.15) is 36.3 Å². The minimum absolute atomic E-state index is 0.0995. The predicted molar refractivity (Wildman–Crippen MR) is 102 cm³/mol. The number of aromatic amines is 1. The molecule has 0 saturated heterocycles. The summed E-state index contributed by atoms with van der Waals surface area (Å²) in [5.74, 6) is 0.0862. The summed E-state index contributed by atoms with van der Waals surface area (Å²) in [7, 11) is 0. The van der Waals surface area contributed by atoms with Crippen molar-refractivity contribution in [3.63, 3.8) is 0 Å². The summed E-state index contributed by atoms with van der Waals surface area (Å²) in [4.78, 5) is 17.9. The summed E-state index contributed by atoms with van der Waals surface area (Å²) in [6.45, 7) is 2.02. The van der Waals surface area contributed by atoms with Gasteiger partial charge < -0.3 is 5.73 Å². The predicted octanol–water partition coefficient (Wildman–Crippen LogP) is 3.11. The lowest BCUT2D eigenvalue weighted by atomic mass is 9.76. The van der Waals surface area contributed by atoms with Crippen LogP contribution in [0.4, 0.5) is 5.69 Å². The second kappa shape index (κ2) is 6.73. The molecule has 0 amide bonds. The Labute approximate surface area is 158 Å². The first-order valence-corrected chi connectivity index (χ1v) is 9.10. The summed E-state index contributed by atoms with van der Waals surface area (Å²) in [6, 6.07) is 14.1. The molecule has 5 nitrogen and oxygen atoms in total. The summed E-state index contributed by atoms with van der Waals surface area (Å²) in [6.07, 6.45) is 5.71. The summed E-state index contributed by atoms with van der Waals surface area (Å²) < 4.78 is 0. The zero-order valence-corrected chi connectivity index (χ0v) is 15.2. The maximum absolute atomic E-state index is 12.9. The molecular weight excluding hydrogens is 336 g/mol. The molecule has 0 spiro atoms. The molecule has 2 aromatic rings. The summed E-state index contributed by atoms with van der Waals surface area (Å²) in [5.41, 5.74) is 11.5. The van der Waals surface area contributed by atoms with Crippen molar-refractivity contribution < 1.29 is 9.78 Å². The number of benzene rings is 1. The number of rotatable bonds is 2. The molecule has 5 heteroatoms. The molecular formula is C22H21N4O+. The summed E-state index contributed by atoms with van der Waals surface area (Å²) in [5, 5.41) is 9.92. The molecule has 0 radical (unpaired) electrons. The van der Waals surface area contributed by atoms with Gasteiger partial charge in [0, 0.05) is 35.0 Å². The molecule has 3 N–H and O–H groups in total. The molecule has 27 heavy (non-hydrogen) atoms. The number of nitriles is 1. The highest BCUT2D eigenvalue weighted by molar-refractivity contribution is 6.01. The maximum Gasteiger partial charge on any atom is 0.171 e. The zero-order valence-electron chi connectivity index (χ0n) is 15.2. The lowest BCUT2D eigenvalue weighted by Gasteiger charge is -2.39. The Balaban J connectivity index is 1.96. The second-order valence-electron chi connectivity index (χ2n) is 6.99. The Morgan fingerprint density at radius 1 is 1.22 bits per heavy atom. The fourth-order valence-electron chi connectivity index (χ4n) is 4.00. The highest BCUT2D eigenvalue weighted by atomic mass is 16.1. The number of allylic oxidation sites excluding steroid dienone is 3. The fraction of sp³-hybridized carbons (Fsp3) is 0.227. The molecule has 4 rings (SSSR count). The van der Waals surface area contributed by atoms with Gasteiger partial charge in [0.2, 0.25) is 0 Å². The Morgan fingerprint density at radius 2 is 2.00 bits per heavy atom. The van der Waals surface area contributed by atoms with E-state index in [4.69, 9.17) is 5.73 Å². The van der Waals surface area contributed by atoms with Gasteiger partial charge in [-0.25, -0.2) is 4.98 Å². The van der Waals surface area contributed by atoms with Crippen molar-refractivity contribution in [1.29, 1.82) is 5.26 Å². The largest absolute Gasteiger partial charge is 0.384 e. The van der Waals surface area contributed by atoms with Crippen molar-refractivity contribution in [2.24, 2.45) is 5.73 Å². The lowest BCUT2D eigenvalue weighted by molar-refractivity contribution is -0.378. The third-order valence-corrected chi connectivity index (χ3v) is 5.27. The number of carbonyl (C=O) groups is 1. The zero-order chi connectivity index (χ0) is 19.0. The van der Waals surface area contributed by atoms with Crippen LogP contribution in [-0.2, 0) is 4.79 Å². The number of aryl methyl sites for hydroxylation is 1. The molecule has 1 aromatic carbocycles. The number of H-pyrrole nitrogens is 1. The van der Waals surface area contributed by atoms with Crippen molar-refractivity contribution in [2.75, 3.05) is 4.90 Å². The number of nitrogens with zero attached hydrogens (tertiary/aromatic N) is 2. The number of ketones is 1. The minimum atomic E-state index is -0.419. The highest BCUT2D eigenvalue weighted by Crippen LogP contribution is 2.45. The Morgan fingerprint density at radius 3 is 2.67 bits per heavy atom. The lowest BCUT2D eigenvalue weighted by Crippen LogP contribution is -2.38. The van der Waals surface area contributed by atoms with E-state index in [0.29, 0.717) is 23.4 Å². The van der Waals surface area contributed by atoms with E-state index in [1.165, 1.54) is 0 Å². The average molecular weight is 357 g/mol. The molecule has 2 aliphatic rings. The minimum Gasteiger partial charge on any atom is -0.384 e. The van der Waals surface area contributed by atoms with Crippen LogP contribution < -0.4 is 15.6 Å². The van der Waals surface area contributed by atoms with Gasteiger partial charge >= 0.3 is 0 Å². The topological polar surface area (TPSA) is 84.3 Å². The van der Waals surface area contributed by atoms with E-state index in [1.807, 2.05) is 60.6 Å². The summed E-state index contributed by atoms with van der Waals surface area (Å²) >= 11 is 0. The Hall–Kier alpha value is -3.39. The van der Waals surface area contributed by atoms with Gasteiger partial charge in [-0.2, -0.15) is 5.26 Å². The smallest absolute Gasteiger partial charge is 0.171 e. The number of nitrogens with two attached hydrogens (primary N) is 1. The normalized spacial score (nSPS) is 19.8. The number of pyridine rings is 1. The van der Waals surface area contributed by atoms with Gasteiger partial charge in [0.25, 0.3) is 0 Å². The van der Waals surface area contributed by atoms with E-state index in [2.05, 4.69) is 11.1 Å². The van der Waals surface area contributed by atoms with Crippen LogP contribution in [0.2, 0.25) is 0 Å². The van der Waals surface area contributed by atoms with Crippen LogP contribution in [0.3, 0.4) is 0 Å². The van der Waals surface area contributed by atoms with Gasteiger partial charge in [0.05, 0.1) is 17.6 Å². The van der Waals surface area contributed by atoms with Crippen LogP contribution in [-0.4, -0.2) is 5.78 Å². The van der Waals surface area contributed by atoms with Crippen LogP contribution in [0, 0.1) is 18.3 Å². The van der Waals surface area contributed by atoms with Crippen LogP contribution in [0.25, 0.3) is 0 Å². The van der Waals surface area contributed by atoms with Crippen LogP contribution in [0.5, 0.6) is 0 Å². The second-order valence-corrected chi connectivity index (χ2v) is 6.99. The number of aromatic nitrogens is 1. The van der Waals surface area contributed by atoms with E-state index in [1.54, 1.807) is 0 Å². The number of hydrogen-bond donors (Lipinski definition) is 1. The van der Waals surface area contributed by atoms with Crippen LogP contribution >= 0.6 is 0 Å². The van der Waals surface area contributed by atoms with Gasteiger partial charge in [0.15, 0.2) is 18.2 Å². The molecule has 1 aliphatic carbocycles. The molecule has 1 unspecified atom stereocenters. The first-order chi connectivity index (χ1) is 13.1. The van der Waals surface area contributed by atoms with E-state index < -0.39 is 5.92 Å². The van der Waals surface area contributed by atoms with Gasteiger partial charge in [0.1, 0.15) is 5.82 Å². The number of nitrogens with one attached hydrogen (secondary N) is 1. The molecule has 134 valence electrons. The molecule has 0 saturated carbocycles. The Bertz CT molecular complexity index is 997. The highest BCUT2D eigenvalue weighted by Gasteiger charge is 2.40. The first kappa shape index (κ1) is 17.0. The molecule has 0 fully saturated rings. The van der Waals surface area contributed by atoms with E-state index in [0.717, 1.165) is 35.4 Å². The van der Waals surface area contributed by atoms with Crippen molar-refractivity contribution in [1.82, 2.24) is 0 Å². The molecule has 1 aliphatic heterocycles. The van der Waals surface area contributed by atoms with Crippen LogP contribution in [0.15, 0.2) is 71.5 Å². The van der Waals surface area contributed by atoms with Crippen molar-refractivity contribution in [3.8, 4) is 6.07 Å². The van der Waals surface area contributed by atoms with E-state index >= 15 is 0 Å². The standard InChI is InChI=1S/C22H20N4O/c1-14-7-9-16(10-8-14)26-18-5-2-6-19(27)21(18)20(17(12-23)22(26)24)15-4-3-11-25-13-15/h3-4,7-11,13,20H,2,5-6,24H2,1H3/p+1. The first-order valence-electron chi connectivity index (χ1n) is 9.10. The van der Waals surface area contributed by atoms with E-state index in [-0.39, 0.29) is 5.78 Å². The number of anilines is 1. The van der Waals surface area contributed by atoms with Gasteiger partial charge in [-0.05, 0) is 38.0 Å².